The molecule has 0 unspecified atom stereocenters. The molecule has 1 fully saturated rings. The number of rotatable bonds is 7. The predicted molar refractivity (Wildman–Crippen MR) is 120 cm³/mol. The number of hydrogen-bond acceptors (Lipinski definition) is 5. The number of nitrogens with zero attached hydrogens (tertiary/aromatic N) is 3. The second-order valence-corrected chi connectivity index (χ2v) is 10.3. The molecule has 1 aliphatic heterocycles. The summed E-state index contributed by atoms with van der Waals surface area (Å²) in [4.78, 5) is 5.11. The molecule has 0 spiro atoms. The van der Waals surface area contributed by atoms with Crippen LogP contribution in [0.2, 0.25) is 0 Å². The van der Waals surface area contributed by atoms with Crippen molar-refractivity contribution in [1.82, 2.24) is 13.9 Å². The van der Waals surface area contributed by atoms with Crippen LogP contribution >= 0.6 is 11.8 Å². The van der Waals surface area contributed by atoms with Gasteiger partial charge in [0.25, 0.3) is 0 Å². The lowest BCUT2D eigenvalue weighted by atomic mass is 10.1. The fourth-order valence-electron chi connectivity index (χ4n) is 3.65. The Balaban J connectivity index is 1.66. The Bertz CT molecular complexity index is 1140. The monoisotopic (exact) mass is 445 g/mol. The lowest BCUT2D eigenvalue weighted by Gasteiger charge is -2.26. The average molecular weight is 446 g/mol. The normalized spacial score (nSPS) is 15.7. The van der Waals surface area contributed by atoms with Gasteiger partial charge >= 0.3 is 0 Å². The standard InChI is InChI=1S/C22H27N3O3S2/c1-3-10-25-21-9-8-19(30(26,27)24-11-13-28-14-12-24)15-20(21)23-22(25)29-16-18-7-5-4-6-17(18)2/h4-9,15H,3,10-14,16H2,1-2H3. The first-order valence-electron chi connectivity index (χ1n) is 10.3. The fraction of sp³-hybridized carbons (Fsp3) is 0.409. The van der Waals surface area contributed by atoms with Crippen LogP contribution in [0.1, 0.15) is 24.5 Å². The van der Waals surface area contributed by atoms with Crippen LogP contribution in [-0.2, 0) is 27.1 Å². The Kier molecular flexibility index (Phi) is 6.48. The van der Waals surface area contributed by atoms with Gasteiger partial charge in [0, 0.05) is 25.4 Å². The van der Waals surface area contributed by atoms with E-state index in [4.69, 9.17) is 9.72 Å². The second kappa shape index (κ2) is 9.09. The van der Waals surface area contributed by atoms with Crippen molar-refractivity contribution in [3.8, 4) is 0 Å². The summed E-state index contributed by atoms with van der Waals surface area (Å²) in [6, 6.07) is 13.7. The Hall–Kier alpha value is -1.87. The van der Waals surface area contributed by atoms with Gasteiger partial charge in [0.15, 0.2) is 5.16 Å². The molecule has 1 aromatic heterocycles. The Morgan fingerprint density at radius 2 is 1.90 bits per heavy atom. The molecule has 30 heavy (non-hydrogen) atoms. The van der Waals surface area contributed by atoms with Crippen LogP contribution in [0.3, 0.4) is 0 Å². The highest BCUT2D eigenvalue weighted by molar-refractivity contribution is 7.98. The highest BCUT2D eigenvalue weighted by Crippen LogP contribution is 2.30. The van der Waals surface area contributed by atoms with E-state index >= 15 is 0 Å². The molecule has 2 heterocycles. The largest absolute Gasteiger partial charge is 0.379 e. The van der Waals surface area contributed by atoms with Gasteiger partial charge in [-0.3, -0.25) is 0 Å². The SMILES string of the molecule is CCCn1c(SCc2ccccc2C)nc2cc(S(=O)(=O)N3CCOCC3)ccc21. The van der Waals surface area contributed by atoms with E-state index in [1.807, 2.05) is 12.1 Å². The van der Waals surface area contributed by atoms with Crippen LogP contribution in [0.5, 0.6) is 0 Å². The number of morpholine rings is 1. The first-order valence-corrected chi connectivity index (χ1v) is 12.7. The first-order chi connectivity index (χ1) is 14.5. The Morgan fingerprint density at radius 3 is 2.63 bits per heavy atom. The number of fused-ring (bicyclic) bond motifs is 1. The molecule has 1 aliphatic rings. The lowest BCUT2D eigenvalue weighted by Crippen LogP contribution is -2.40. The molecule has 0 amide bonds. The summed E-state index contributed by atoms with van der Waals surface area (Å²) in [5, 5.41) is 0.927. The maximum Gasteiger partial charge on any atom is 0.243 e. The minimum atomic E-state index is -3.53. The molecule has 3 aromatic rings. The number of imidazole rings is 1. The van der Waals surface area contributed by atoms with Crippen LogP contribution in [-0.4, -0.2) is 48.6 Å². The maximum absolute atomic E-state index is 13.0. The maximum atomic E-state index is 13.0. The van der Waals surface area contributed by atoms with E-state index in [1.165, 1.54) is 15.4 Å². The third kappa shape index (κ3) is 4.27. The minimum absolute atomic E-state index is 0.300. The van der Waals surface area contributed by atoms with E-state index in [9.17, 15) is 8.42 Å². The van der Waals surface area contributed by atoms with Crippen molar-refractivity contribution in [1.29, 1.82) is 0 Å². The van der Waals surface area contributed by atoms with Crippen LogP contribution in [0.25, 0.3) is 11.0 Å². The van der Waals surface area contributed by atoms with E-state index in [0.29, 0.717) is 31.2 Å². The van der Waals surface area contributed by atoms with E-state index in [0.717, 1.165) is 34.9 Å². The van der Waals surface area contributed by atoms with Gasteiger partial charge in [0.2, 0.25) is 10.0 Å². The van der Waals surface area contributed by atoms with Crippen molar-refractivity contribution in [2.24, 2.45) is 0 Å². The van der Waals surface area contributed by atoms with Gasteiger partial charge in [0.05, 0.1) is 29.1 Å². The topological polar surface area (TPSA) is 64.4 Å². The molecular weight excluding hydrogens is 418 g/mol. The van der Waals surface area contributed by atoms with Gasteiger partial charge in [-0.05, 0) is 42.7 Å². The first kappa shape index (κ1) is 21.4. The minimum Gasteiger partial charge on any atom is -0.379 e. The molecule has 160 valence electrons. The number of ether oxygens (including phenoxy) is 1. The highest BCUT2D eigenvalue weighted by Gasteiger charge is 2.27. The van der Waals surface area contributed by atoms with E-state index < -0.39 is 10.0 Å². The number of thioether (sulfide) groups is 1. The van der Waals surface area contributed by atoms with Crippen molar-refractivity contribution in [3.63, 3.8) is 0 Å². The predicted octanol–water partition coefficient (Wildman–Crippen LogP) is 4.07. The van der Waals surface area contributed by atoms with Gasteiger partial charge < -0.3 is 9.30 Å². The molecule has 0 N–H and O–H groups in total. The van der Waals surface area contributed by atoms with Gasteiger partial charge in [0.1, 0.15) is 0 Å². The summed E-state index contributed by atoms with van der Waals surface area (Å²) in [5.74, 6) is 0.832. The summed E-state index contributed by atoms with van der Waals surface area (Å²) in [5.41, 5.74) is 4.25. The number of aromatic nitrogens is 2. The van der Waals surface area contributed by atoms with Crippen LogP contribution < -0.4 is 0 Å². The number of hydrogen-bond donors (Lipinski definition) is 0. The van der Waals surface area contributed by atoms with Gasteiger partial charge in [-0.1, -0.05) is 43.0 Å². The molecule has 6 nitrogen and oxygen atoms in total. The second-order valence-electron chi connectivity index (χ2n) is 7.43. The van der Waals surface area contributed by atoms with E-state index in [1.54, 1.807) is 23.9 Å². The smallest absolute Gasteiger partial charge is 0.243 e. The molecule has 0 atom stereocenters. The van der Waals surface area contributed by atoms with Crippen LogP contribution in [0.4, 0.5) is 0 Å². The third-order valence-electron chi connectivity index (χ3n) is 5.36. The van der Waals surface area contributed by atoms with E-state index in [2.05, 4.69) is 36.6 Å². The van der Waals surface area contributed by atoms with Crippen molar-refractivity contribution < 1.29 is 13.2 Å². The third-order valence-corrected chi connectivity index (χ3v) is 8.28. The zero-order chi connectivity index (χ0) is 21.1. The Morgan fingerprint density at radius 1 is 1.13 bits per heavy atom. The van der Waals surface area contributed by atoms with Gasteiger partial charge in [-0.2, -0.15) is 4.31 Å². The summed E-state index contributed by atoms with van der Waals surface area (Å²) < 4.78 is 35.0. The summed E-state index contributed by atoms with van der Waals surface area (Å²) in [7, 11) is -3.53. The van der Waals surface area contributed by atoms with Gasteiger partial charge in [-0.25, -0.2) is 13.4 Å². The number of benzene rings is 2. The van der Waals surface area contributed by atoms with Crippen LogP contribution in [0, 0.1) is 6.92 Å². The molecule has 0 aliphatic carbocycles. The lowest BCUT2D eigenvalue weighted by molar-refractivity contribution is 0.0730. The molecule has 0 bridgehead atoms. The average Bonchev–Trinajstić information content (AvgIpc) is 3.11. The number of sulfonamides is 1. The molecule has 4 rings (SSSR count). The van der Waals surface area contributed by atoms with E-state index in [-0.39, 0.29) is 0 Å². The molecule has 2 aromatic carbocycles. The summed E-state index contributed by atoms with van der Waals surface area (Å²) >= 11 is 1.70. The highest BCUT2D eigenvalue weighted by atomic mass is 32.2. The summed E-state index contributed by atoms with van der Waals surface area (Å²) in [6.07, 6.45) is 0.983. The zero-order valence-corrected chi connectivity index (χ0v) is 19.0. The van der Waals surface area contributed by atoms with Crippen molar-refractivity contribution in [3.05, 3.63) is 53.6 Å². The van der Waals surface area contributed by atoms with Crippen LogP contribution in [0.15, 0.2) is 52.5 Å². The molecule has 1 saturated heterocycles. The van der Waals surface area contributed by atoms with Gasteiger partial charge in [-0.15, -0.1) is 0 Å². The zero-order valence-electron chi connectivity index (χ0n) is 17.4. The molecular formula is C22H27N3O3S2. The fourth-order valence-corrected chi connectivity index (χ4v) is 6.19. The van der Waals surface area contributed by atoms with Crippen molar-refractivity contribution >= 4 is 32.8 Å². The Labute approximate surface area is 182 Å². The summed E-state index contributed by atoms with van der Waals surface area (Å²) in [6.45, 7) is 6.76. The molecule has 8 heteroatoms. The molecule has 0 radical (unpaired) electrons. The number of aryl methyl sites for hydroxylation is 2. The van der Waals surface area contributed by atoms with Crippen molar-refractivity contribution in [2.75, 3.05) is 26.3 Å². The quantitative estimate of drug-likeness (QED) is 0.513. The van der Waals surface area contributed by atoms with Crippen molar-refractivity contribution in [2.45, 2.75) is 42.6 Å². The molecule has 0 saturated carbocycles.